The molecule has 0 bridgehead atoms. The maximum Gasteiger partial charge on any atom is 0.0684 e. The Bertz CT molecular complexity index is 488. The van der Waals surface area contributed by atoms with Gasteiger partial charge in [0, 0.05) is 19.2 Å². The van der Waals surface area contributed by atoms with Gasteiger partial charge in [-0.1, -0.05) is 24.3 Å². The molecule has 2 rings (SSSR count). The molecular weight excluding hydrogens is 200 g/mol. The first-order valence-electron chi connectivity index (χ1n) is 5.38. The molecule has 1 N–H and O–H groups in total. The number of nitrogens with zero attached hydrogens (tertiary/aromatic N) is 2. The van der Waals surface area contributed by atoms with Crippen molar-refractivity contribution in [2.75, 3.05) is 0 Å². The van der Waals surface area contributed by atoms with Gasteiger partial charge in [0.1, 0.15) is 0 Å². The van der Waals surface area contributed by atoms with Crippen molar-refractivity contribution in [1.29, 1.82) is 0 Å². The van der Waals surface area contributed by atoms with Gasteiger partial charge in [-0.05, 0) is 24.1 Å². The highest BCUT2D eigenvalue weighted by Gasteiger charge is 2.06. The summed E-state index contributed by atoms with van der Waals surface area (Å²) < 4.78 is 1.89. The van der Waals surface area contributed by atoms with E-state index in [0.717, 1.165) is 23.2 Å². The van der Waals surface area contributed by atoms with E-state index < -0.39 is 0 Å². The minimum atomic E-state index is 0.0903. The first-order valence-corrected chi connectivity index (χ1v) is 5.38. The summed E-state index contributed by atoms with van der Waals surface area (Å²) in [5.74, 6) is 0. The van der Waals surface area contributed by atoms with Crippen LogP contribution >= 0.6 is 0 Å². The number of aryl methyl sites for hydroxylation is 2. The molecule has 0 aliphatic rings. The lowest BCUT2D eigenvalue weighted by atomic mass is 10.0. The third kappa shape index (κ3) is 2.14. The quantitative estimate of drug-likeness (QED) is 0.849. The Balaban J connectivity index is 2.30. The van der Waals surface area contributed by atoms with Crippen LogP contribution < -0.4 is 0 Å². The third-order valence-corrected chi connectivity index (χ3v) is 2.76. The maximum atomic E-state index is 9.25. The topological polar surface area (TPSA) is 38.0 Å². The summed E-state index contributed by atoms with van der Waals surface area (Å²) in [6, 6.07) is 10.0. The van der Waals surface area contributed by atoms with Gasteiger partial charge in [0.15, 0.2) is 0 Å². The van der Waals surface area contributed by atoms with Crippen LogP contribution in [0.1, 0.15) is 22.5 Å². The van der Waals surface area contributed by atoms with Crippen molar-refractivity contribution in [3.8, 4) is 0 Å². The first-order chi connectivity index (χ1) is 7.70. The highest BCUT2D eigenvalue weighted by Crippen LogP contribution is 2.14. The van der Waals surface area contributed by atoms with Crippen LogP contribution in [0.2, 0.25) is 0 Å². The smallest absolute Gasteiger partial charge is 0.0684 e. The lowest BCUT2D eigenvalue weighted by molar-refractivity contribution is 0.280. The van der Waals surface area contributed by atoms with Crippen LogP contribution in [0.5, 0.6) is 0 Å². The second-order valence-electron chi connectivity index (χ2n) is 4.00. The van der Waals surface area contributed by atoms with E-state index in [-0.39, 0.29) is 6.61 Å². The molecule has 1 aromatic heterocycles. The predicted molar refractivity (Wildman–Crippen MR) is 63.1 cm³/mol. The fourth-order valence-corrected chi connectivity index (χ4v) is 1.91. The highest BCUT2D eigenvalue weighted by atomic mass is 16.3. The van der Waals surface area contributed by atoms with Crippen LogP contribution in [0.3, 0.4) is 0 Å². The fraction of sp³-hybridized carbons (Fsp3) is 0.308. The Morgan fingerprint density at radius 1 is 1.25 bits per heavy atom. The predicted octanol–water partition coefficient (Wildman–Crippen LogP) is 1.81. The van der Waals surface area contributed by atoms with Gasteiger partial charge in [-0.3, -0.25) is 4.68 Å². The summed E-state index contributed by atoms with van der Waals surface area (Å²) in [6.45, 7) is 2.08. The van der Waals surface area contributed by atoms with Crippen molar-refractivity contribution in [3.63, 3.8) is 0 Å². The van der Waals surface area contributed by atoms with E-state index in [1.807, 2.05) is 42.9 Å². The lowest BCUT2D eigenvalue weighted by Crippen LogP contribution is -2.01. The standard InChI is InChI=1S/C13H16N2O/c1-10-7-13(15(2)14-10)8-11-5-3-4-6-12(11)9-16/h3-7,16H,8-9H2,1-2H3. The Morgan fingerprint density at radius 3 is 2.50 bits per heavy atom. The van der Waals surface area contributed by atoms with E-state index in [1.54, 1.807) is 0 Å². The largest absolute Gasteiger partial charge is 0.392 e. The average Bonchev–Trinajstić information content (AvgIpc) is 2.58. The second kappa shape index (κ2) is 4.49. The summed E-state index contributed by atoms with van der Waals surface area (Å²) in [7, 11) is 1.95. The number of aliphatic hydroxyl groups is 1. The summed E-state index contributed by atoms with van der Waals surface area (Å²) in [4.78, 5) is 0. The van der Waals surface area contributed by atoms with Gasteiger partial charge in [0.2, 0.25) is 0 Å². The lowest BCUT2D eigenvalue weighted by Gasteiger charge is -2.07. The molecule has 2 aromatic rings. The minimum Gasteiger partial charge on any atom is -0.392 e. The van der Waals surface area contributed by atoms with Crippen LogP contribution in [-0.2, 0) is 20.1 Å². The zero-order valence-corrected chi connectivity index (χ0v) is 9.64. The molecule has 0 atom stereocenters. The van der Waals surface area contributed by atoms with Crippen molar-refractivity contribution in [2.24, 2.45) is 7.05 Å². The summed E-state index contributed by atoms with van der Waals surface area (Å²) >= 11 is 0. The molecule has 1 aromatic carbocycles. The number of hydrogen-bond acceptors (Lipinski definition) is 2. The molecule has 0 spiro atoms. The van der Waals surface area contributed by atoms with Crippen LogP contribution in [0, 0.1) is 6.92 Å². The molecular formula is C13H16N2O. The third-order valence-electron chi connectivity index (χ3n) is 2.76. The zero-order chi connectivity index (χ0) is 11.5. The van der Waals surface area contributed by atoms with E-state index in [0.29, 0.717) is 0 Å². The monoisotopic (exact) mass is 216 g/mol. The Hall–Kier alpha value is -1.61. The Morgan fingerprint density at radius 2 is 1.94 bits per heavy atom. The van der Waals surface area contributed by atoms with E-state index in [2.05, 4.69) is 11.2 Å². The van der Waals surface area contributed by atoms with E-state index in [1.165, 1.54) is 5.69 Å². The zero-order valence-electron chi connectivity index (χ0n) is 9.64. The van der Waals surface area contributed by atoms with Crippen molar-refractivity contribution >= 4 is 0 Å². The van der Waals surface area contributed by atoms with Crippen molar-refractivity contribution in [3.05, 3.63) is 52.8 Å². The Labute approximate surface area is 95.3 Å². The van der Waals surface area contributed by atoms with Gasteiger partial charge in [0.25, 0.3) is 0 Å². The van der Waals surface area contributed by atoms with Gasteiger partial charge in [-0.15, -0.1) is 0 Å². The molecule has 0 unspecified atom stereocenters. The normalized spacial score (nSPS) is 10.7. The van der Waals surface area contributed by atoms with Crippen molar-refractivity contribution < 1.29 is 5.11 Å². The van der Waals surface area contributed by atoms with Gasteiger partial charge in [-0.2, -0.15) is 5.10 Å². The molecule has 0 fully saturated rings. The van der Waals surface area contributed by atoms with Gasteiger partial charge in [0.05, 0.1) is 12.3 Å². The average molecular weight is 216 g/mol. The first kappa shape index (κ1) is 10.9. The maximum absolute atomic E-state index is 9.25. The van der Waals surface area contributed by atoms with Gasteiger partial charge in [-0.25, -0.2) is 0 Å². The Kier molecular flexibility index (Phi) is 3.06. The number of rotatable bonds is 3. The molecule has 1 heterocycles. The van der Waals surface area contributed by atoms with E-state index in [4.69, 9.17) is 0 Å². The molecule has 84 valence electrons. The van der Waals surface area contributed by atoms with Crippen LogP contribution in [0.4, 0.5) is 0 Å². The van der Waals surface area contributed by atoms with Crippen LogP contribution in [-0.4, -0.2) is 14.9 Å². The fourth-order valence-electron chi connectivity index (χ4n) is 1.91. The molecule has 3 heteroatoms. The second-order valence-corrected chi connectivity index (χ2v) is 4.00. The highest BCUT2D eigenvalue weighted by molar-refractivity contribution is 5.30. The SMILES string of the molecule is Cc1cc(Cc2ccccc2CO)n(C)n1. The molecule has 0 radical (unpaired) electrons. The van der Waals surface area contributed by atoms with E-state index in [9.17, 15) is 5.11 Å². The summed E-state index contributed by atoms with van der Waals surface area (Å²) in [5, 5.41) is 13.6. The van der Waals surface area contributed by atoms with Crippen molar-refractivity contribution in [1.82, 2.24) is 9.78 Å². The molecule has 0 amide bonds. The number of benzene rings is 1. The number of aromatic nitrogens is 2. The molecule has 3 nitrogen and oxygen atoms in total. The minimum absolute atomic E-state index is 0.0903. The number of aliphatic hydroxyl groups excluding tert-OH is 1. The van der Waals surface area contributed by atoms with E-state index >= 15 is 0 Å². The van der Waals surface area contributed by atoms with Crippen LogP contribution in [0.15, 0.2) is 30.3 Å². The molecule has 16 heavy (non-hydrogen) atoms. The molecule has 0 saturated carbocycles. The molecule has 0 saturated heterocycles. The molecule has 0 aliphatic heterocycles. The summed E-state index contributed by atoms with van der Waals surface area (Å²) in [6.07, 6.45) is 0.814. The van der Waals surface area contributed by atoms with Gasteiger partial charge >= 0.3 is 0 Å². The number of hydrogen-bond donors (Lipinski definition) is 1. The van der Waals surface area contributed by atoms with Crippen LogP contribution in [0.25, 0.3) is 0 Å². The summed E-state index contributed by atoms with van der Waals surface area (Å²) in [5.41, 5.74) is 4.34. The van der Waals surface area contributed by atoms with Crippen molar-refractivity contribution in [2.45, 2.75) is 20.0 Å². The van der Waals surface area contributed by atoms with Gasteiger partial charge < -0.3 is 5.11 Å². The molecule has 0 aliphatic carbocycles.